The van der Waals surface area contributed by atoms with Crippen LogP contribution in [0.5, 0.6) is 0 Å². The Labute approximate surface area is 98.8 Å². The van der Waals surface area contributed by atoms with Crippen molar-refractivity contribution in [1.82, 2.24) is 10.0 Å². The molecule has 2 aliphatic heterocycles. The Bertz CT molecular complexity index is 552. The van der Waals surface area contributed by atoms with Crippen molar-refractivity contribution in [3.05, 3.63) is 35.4 Å². The van der Waals surface area contributed by atoms with Gasteiger partial charge in [0.1, 0.15) is 5.54 Å². The fourth-order valence-corrected chi connectivity index (χ4v) is 2.06. The summed E-state index contributed by atoms with van der Waals surface area (Å²) < 4.78 is 0. The quantitative estimate of drug-likeness (QED) is 0.406. The van der Waals surface area contributed by atoms with Crippen LogP contribution in [0.1, 0.15) is 27.6 Å². The Morgan fingerprint density at radius 3 is 2.18 bits per heavy atom. The zero-order valence-corrected chi connectivity index (χ0v) is 9.30. The lowest BCUT2D eigenvalue weighted by Crippen LogP contribution is -2.38. The second kappa shape index (κ2) is 2.96. The average Bonchev–Trinajstić information content (AvgIpc) is 2.94. The molecule has 0 bridgehead atoms. The van der Waals surface area contributed by atoms with Crippen LogP contribution in [0.15, 0.2) is 24.3 Å². The summed E-state index contributed by atoms with van der Waals surface area (Å²) in [4.78, 5) is 24.2. The lowest BCUT2D eigenvalue weighted by molar-refractivity contribution is 0.0350. The molecule has 17 heavy (non-hydrogen) atoms. The summed E-state index contributed by atoms with van der Waals surface area (Å²) in [7, 11) is 0. The van der Waals surface area contributed by atoms with Gasteiger partial charge in [-0.2, -0.15) is 5.01 Å². The average molecular weight is 226 g/mol. The van der Waals surface area contributed by atoms with Crippen molar-refractivity contribution < 1.29 is 9.59 Å². The number of rotatable bonds is 1. The first-order valence-electron chi connectivity index (χ1n) is 5.31. The van der Waals surface area contributed by atoms with Crippen LogP contribution in [0.2, 0.25) is 0 Å². The first kappa shape index (κ1) is 10.1. The third-order valence-corrected chi connectivity index (χ3v) is 3.25. The van der Waals surface area contributed by atoms with Crippen molar-refractivity contribution in [2.75, 3.05) is 6.54 Å². The van der Waals surface area contributed by atoms with Crippen molar-refractivity contribution >= 4 is 11.8 Å². The highest BCUT2D eigenvalue weighted by atomic mass is 16.2. The topological polar surface area (TPSA) is 40.4 Å². The van der Waals surface area contributed by atoms with E-state index >= 15 is 0 Å². The number of hydrazine groups is 1. The second-order valence-corrected chi connectivity index (χ2v) is 4.44. The molecule has 2 aliphatic rings. The van der Waals surface area contributed by atoms with Gasteiger partial charge in [-0.15, -0.1) is 6.42 Å². The van der Waals surface area contributed by atoms with E-state index in [0.29, 0.717) is 17.7 Å². The van der Waals surface area contributed by atoms with Crippen LogP contribution < -0.4 is 0 Å². The van der Waals surface area contributed by atoms with Gasteiger partial charge in [0, 0.05) is 0 Å². The Balaban J connectivity index is 2.01. The molecule has 1 saturated heterocycles. The molecule has 0 spiro atoms. The molecule has 1 aromatic carbocycles. The van der Waals surface area contributed by atoms with Gasteiger partial charge in [-0.05, 0) is 19.1 Å². The molecule has 0 radical (unpaired) electrons. The molecule has 2 amide bonds. The second-order valence-electron chi connectivity index (χ2n) is 4.44. The van der Waals surface area contributed by atoms with Gasteiger partial charge < -0.3 is 0 Å². The third-order valence-electron chi connectivity index (χ3n) is 3.25. The SMILES string of the molecule is C#C[C@]1(C)CN1N1C(=O)c2ccccc2C1=O. The number of carbonyl (C=O) groups excluding carboxylic acids is 2. The molecule has 1 fully saturated rings. The number of nitrogens with zero attached hydrogens (tertiary/aromatic N) is 2. The Morgan fingerprint density at radius 1 is 1.24 bits per heavy atom. The summed E-state index contributed by atoms with van der Waals surface area (Å²) >= 11 is 0. The van der Waals surface area contributed by atoms with Crippen molar-refractivity contribution in [3.8, 4) is 12.3 Å². The largest absolute Gasteiger partial charge is 0.276 e. The van der Waals surface area contributed by atoms with E-state index in [0.717, 1.165) is 5.01 Å². The van der Waals surface area contributed by atoms with Gasteiger partial charge in [-0.3, -0.25) is 9.59 Å². The fourth-order valence-electron chi connectivity index (χ4n) is 2.06. The van der Waals surface area contributed by atoms with E-state index in [2.05, 4.69) is 5.92 Å². The minimum absolute atomic E-state index is 0.287. The highest BCUT2D eigenvalue weighted by Crippen LogP contribution is 2.37. The highest BCUT2D eigenvalue weighted by molar-refractivity contribution is 6.21. The van der Waals surface area contributed by atoms with Crippen molar-refractivity contribution in [2.45, 2.75) is 12.5 Å². The number of terminal acetylenes is 1. The molecule has 2 heterocycles. The minimum Gasteiger partial charge on any atom is -0.267 e. The van der Waals surface area contributed by atoms with Gasteiger partial charge in [0.15, 0.2) is 0 Å². The highest BCUT2D eigenvalue weighted by Gasteiger charge is 2.56. The minimum atomic E-state index is -0.507. The van der Waals surface area contributed by atoms with Crippen molar-refractivity contribution in [3.63, 3.8) is 0 Å². The lowest BCUT2D eigenvalue weighted by atomic mass is 10.1. The van der Waals surface area contributed by atoms with Crippen LogP contribution in [0.25, 0.3) is 0 Å². The normalized spacial score (nSPS) is 30.1. The number of benzene rings is 1. The standard InChI is InChI=1S/C13H10N2O2/c1-3-13(2)8-14(13)15-11(16)9-6-4-5-7-10(9)12(15)17/h1,4-7H,8H2,2H3/t13-,14?/m1/s1. The lowest BCUT2D eigenvalue weighted by Gasteiger charge is -2.16. The molecule has 4 heteroatoms. The van der Waals surface area contributed by atoms with E-state index in [-0.39, 0.29) is 11.8 Å². The van der Waals surface area contributed by atoms with E-state index in [1.807, 2.05) is 6.92 Å². The molecule has 0 saturated carbocycles. The van der Waals surface area contributed by atoms with Crippen LogP contribution in [-0.2, 0) is 0 Å². The van der Waals surface area contributed by atoms with Gasteiger partial charge in [0.25, 0.3) is 11.8 Å². The number of amides is 2. The molecule has 4 nitrogen and oxygen atoms in total. The monoisotopic (exact) mass is 226 g/mol. The van der Waals surface area contributed by atoms with E-state index in [9.17, 15) is 9.59 Å². The molecule has 3 rings (SSSR count). The van der Waals surface area contributed by atoms with E-state index in [1.54, 1.807) is 29.3 Å². The molecular formula is C13H10N2O2. The number of carbonyl (C=O) groups is 2. The molecule has 1 aromatic rings. The molecule has 1 unspecified atom stereocenters. The van der Waals surface area contributed by atoms with Crippen molar-refractivity contribution in [2.24, 2.45) is 0 Å². The van der Waals surface area contributed by atoms with Crippen molar-refractivity contribution in [1.29, 1.82) is 0 Å². The number of hydrogen-bond donors (Lipinski definition) is 0. The third kappa shape index (κ3) is 1.17. The molecular weight excluding hydrogens is 216 g/mol. The summed E-state index contributed by atoms with van der Waals surface area (Å²) in [5.41, 5.74) is 0.389. The summed E-state index contributed by atoms with van der Waals surface area (Å²) in [6, 6.07) is 6.81. The van der Waals surface area contributed by atoms with Gasteiger partial charge in [0.2, 0.25) is 0 Å². The Morgan fingerprint density at radius 2 is 1.76 bits per heavy atom. The van der Waals surface area contributed by atoms with Crippen LogP contribution in [0, 0.1) is 12.3 Å². The first-order valence-corrected chi connectivity index (χ1v) is 5.31. The summed E-state index contributed by atoms with van der Waals surface area (Å²) in [6.07, 6.45) is 5.38. The maximum atomic E-state index is 12.1. The Kier molecular flexibility index (Phi) is 1.75. The van der Waals surface area contributed by atoms with E-state index in [4.69, 9.17) is 6.42 Å². The molecule has 0 N–H and O–H groups in total. The maximum absolute atomic E-state index is 12.1. The maximum Gasteiger partial charge on any atom is 0.276 e. The van der Waals surface area contributed by atoms with Crippen LogP contribution in [-0.4, -0.2) is 33.9 Å². The number of fused-ring (bicyclic) bond motifs is 1. The fraction of sp³-hybridized carbons (Fsp3) is 0.231. The van der Waals surface area contributed by atoms with Gasteiger partial charge in [0.05, 0.1) is 17.7 Å². The molecule has 0 aliphatic carbocycles. The van der Waals surface area contributed by atoms with Gasteiger partial charge >= 0.3 is 0 Å². The zero-order chi connectivity index (χ0) is 12.2. The molecule has 0 aromatic heterocycles. The first-order chi connectivity index (χ1) is 8.08. The predicted molar refractivity (Wildman–Crippen MR) is 60.9 cm³/mol. The van der Waals surface area contributed by atoms with Gasteiger partial charge in [-0.1, -0.05) is 18.1 Å². The van der Waals surface area contributed by atoms with E-state index in [1.165, 1.54) is 0 Å². The molecule has 84 valence electrons. The Hall–Kier alpha value is -2.12. The molecule has 2 atom stereocenters. The van der Waals surface area contributed by atoms with Crippen LogP contribution in [0.4, 0.5) is 0 Å². The van der Waals surface area contributed by atoms with Crippen LogP contribution >= 0.6 is 0 Å². The van der Waals surface area contributed by atoms with E-state index < -0.39 is 5.54 Å². The van der Waals surface area contributed by atoms with Gasteiger partial charge in [-0.25, -0.2) is 5.01 Å². The van der Waals surface area contributed by atoms with Crippen LogP contribution in [0.3, 0.4) is 0 Å². The zero-order valence-electron chi connectivity index (χ0n) is 9.30. The summed E-state index contributed by atoms with van der Waals surface area (Å²) in [5.74, 6) is 2.02. The summed E-state index contributed by atoms with van der Waals surface area (Å²) in [5, 5.41) is 2.78. The number of hydrogen-bond acceptors (Lipinski definition) is 3. The number of imide groups is 1. The smallest absolute Gasteiger partial charge is 0.267 e. The predicted octanol–water partition coefficient (Wildman–Crippen LogP) is 0.905. The summed E-state index contributed by atoms with van der Waals surface area (Å²) in [6.45, 7) is 2.37.